The molecule has 11 N–H and O–H groups in total. The third kappa shape index (κ3) is 27.8. The lowest BCUT2D eigenvalue weighted by atomic mass is 9.89. The Morgan fingerprint density at radius 2 is 0.846 bits per heavy atom. The Hall–Kier alpha value is -10.7. The lowest BCUT2D eigenvalue weighted by Gasteiger charge is -2.31. The quantitative estimate of drug-likeness (QED) is 0.0265. The van der Waals surface area contributed by atoms with E-state index in [1.54, 1.807) is 31.1 Å². The van der Waals surface area contributed by atoms with Crippen molar-refractivity contribution in [2.24, 2.45) is 0 Å². The minimum Gasteiger partial charge on any atom is -0.394 e. The highest BCUT2D eigenvalue weighted by atomic mass is 32.2. The number of fused-ring (bicyclic) bond motifs is 2. The number of aliphatic hydroxyl groups excluding tert-OH is 3. The van der Waals surface area contributed by atoms with Crippen molar-refractivity contribution < 1.29 is 97.2 Å². The number of aromatic nitrogens is 8. The number of halogens is 8. The zero-order valence-electron chi connectivity index (χ0n) is 83.0. The molecule has 778 valence electrons. The molecule has 8 fully saturated rings. The molecule has 6 aliphatic heterocycles. The van der Waals surface area contributed by atoms with E-state index in [9.17, 15) is 97.2 Å². The smallest absolute Gasteiger partial charge is 0.280 e. The van der Waals surface area contributed by atoms with Crippen molar-refractivity contribution in [3.05, 3.63) is 114 Å². The van der Waals surface area contributed by atoms with Crippen LogP contribution >= 0.6 is 45.3 Å². The number of rotatable bonds is 23. The first kappa shape index (κ1) is 110. The Morgan fingerprint density at radius 3 is 1.21 bits per heavy atom. The van der Waals surface area contributed by atoms with Crippen molar-refractivity contribution in [3.8, 4) is 41.8 Å². The van der Waals surface area contributed by atoms with Crippen molar-refractivity contribution >= 4 is 126 Å². The van der Waals surface area contributed by atoms with Crippen molar-refractivity contribution in [1.29, 1.82) is 0 Å². The van der Waals surface area contributed by atoms with Crippen LogP contribution in [0.4, 0.5) is 58.4 Å². The molecule has 16 rings (SSSR count). The summed E-state index contributed by atoms with van der Waals surface area (Å²) in [5.74, 6) is -8.06. The third-order valence-electron chi connectivity index (χ3n) is 25.1. The van der Waals surface area contributed by atoms with Gasteiger partial charge in [-0.05, 0) is 237 Å². The third-order valence-corrected chi connectivity index (χ3v) is 31.2. The van der Waals surface area contributed by atoms with Crippen LogP contribution in [0, 0.1) is 13.8 Å². The zero-order valence-corrected chi connectivity index (χ0v) is 87.0. The number of nitrogens with one attached hydrogen (secondary N) is 8. The highest BCUT2D eigenvalue weighted by Gasteiger charge is 2.49. The van der Waals surface area contributed by atoms with E-state index in [-0.39, 0.29) is 165 Å². The second kappa shape index (κ2) is 43.9. The molecular formula is C97H126F8N20O13S5. The van der Waals surface area contributed by atoms with Gasteiger partial charge in [-0.3, -0.25) is 38.4 Å². The largest absolute Gasteiger partial charge is 0.394 e. The summed E-state index contributed by atoms with van der Waals surface area (Å²) in [7, 11) is -3.03. The number of likely N-dealkylation sites (tertiary alicyclic amines) is 3. The van der Waals surface area contributed by atoms with Gasteiger partial charge in [0, 0.05) is 155 Å². The summed E-state index contributed by atoms with van der Waals surface area (Å²) < 4.78 is 136. The number of hydrogen-bond donors (Lipinski definition) is 11. The number of alkyl halides is 8. The van der Waals surface area contributed by atoms with Gasteiger partial charge in [0.2, 0.25) is 0 Å². The number of aryl methyl sites for hydroxylation is 2. The van der Waals surface area contributed by atoms with Crippen LogP contribution in [0.1, 0.15) is 316 Å². The van der Waals surface area contributed by atoms with Crippen LogP contribution in [0.25, 0.3) is 41.8 Å². The zero-order chi connectivity index (χ0) is 105. The van der Waals surface area contributed by atoms with Crippen LogP contribution in [0.2, 0.25) is 0 Å². The molecule has 0 unspecified atom stereocenters. The second-order valence-electron chi connectivity index (χ2n) is 42.2. The molecule has 2 aliphatic carbocycles. The number of aliphatic hydroxyl groups is 3. The fraction of sp³-hybridized carbons (Fsp3) is 0.588. The molecule has 143 heavy (non-hydrogen) atoms. The van der Waals surface area contributed by atoms with Gasteiger partial charge in [-0.2, -0.15) is 0 Å². The standard InChI is InChI=1S/C26H35N5O4S2.C25H33F2N5O3S.C23H27F4N5O3S.C23H31F2N5O3S/c1-15-13-20(30-26(2,3)4)27-14-19(15)22-21(25(33)31-17-5-6-18(31)8-7-17)29-24(36-22)23(32)28-16-9-11-37(34,35)12-10-16;1-13-6-5-9-32(13)24(35)19-20(36-23(30-19)22(34)29-14-7-8-15(33)10-14)17-12-28-18(31-25(2,3)4)11-16(17)21(26)27;1-22(2,3)31-15-8-13(18(24)25)14(9-28-15)17-16(21(35)32-5-4-23(26,27)10-32)30-20(36-17)19(34)29-11-6-12(33)7-11;1-12-7-16(29-22(4,5)6)26-9-15(12)18-17(21(33)30-11-23(24,25)8-14(30)3)28-20(34-18)19(32)27-13(2)10-31/h13-14,16-18H,5-12H2,1-4H3,(H,27,30)(H,28,32);11-15,21,33H,5-10H2,1-4H3,(H,28,31)(H,29,34);8-9,11-12,18,33H,4-7,10H2,1-3H3,(H,28,31)(H,29,34);7,9,13-14,31H,8,10-11H2,1-6H3,(H,26,29)(H,27,32)/t;13-,14+,15+;;13-,14+/m.0.1/s1. The van der Waals surface area contributed by atoms with E-state index in [1.165, 1.54) is 35.9 Å². The van der Waals surface area contributed by atoms with Gasteiger partial charge in [-0.1, -0.05) is 0 Å². The van der Waals surface area contributed by atoms with E-state index >= 15 is 0 Å². The van der Waals surface area contributed by atoms with Gasteiger partial charge in [0.1, 0.15) is 55.9 Å². The van der Waals surface area contributed by atoms with Crippen molar-refractivity contribution in [2.75, 3.05) is 65.6 Å². The van der Waals surface area contributed by atoms with Crippen LogP contribution in [0.3, 0.4) is 0 Å². The van der Waals surface area contributed by atoms with Crippen molar-refractivity contribution in [1.82, 2.24) is 80.7 Å². The number of carbonyl (C=O) groups excluding carboxylic acids is 8. The molecule has 8 amide bonds. The average molecular weight is 2090 g/mol. The highest BCUT2D eigenvalue weighted by molar-refractivity contribution is 7.91. The molecular weight excluding hydrogens is 1970 g/mol. The predicted molar refractivity (Wildman–Crippen MR) is 533 cm³/mol. The normalized spacial score (nSPS) is 21.5. The Kier molecular flexibility index (Phi) is 33.7. The summed E-state index contributed by atoms with van der Waals surface area (Å²) >= 11 is 3.84. The van der Waals surface area contributed by atoms with E-state index in [0.29, 0.717) is 84.1 Å². The number of sulfone groups is 1. The molecule has 5 atom stereocenters. The van der Waals surface area contributed by atoms with Crippen LogP contribution in [-0.4, -0.2) is 269 Å². The number of thiazole rings is 4. The molecule has 6 saturated heterocycles. The molecule has 0 spiro atoms. The molecule has 2 saturated carbocycles. The van der Waals surface area contributed by atoms with Crippen LogP contribution in [0.15, 0.2) is 49.1 Å². The molecule has 8 aromatic heterocycles. The molecule has 0 radical (unpaired) electrons. The van der Waals surface area contributed by atoms with Gasteiger partial charge in [-0.15, -0.1) is 45.3 Å². The molecule has 33 nitrogen and oxygen atoms in total. The Labute approximate surface area is 841 Å². The van der Waals surface area contributed by atoms with E-state index in [0.717, 1.165) is 105 Å². The summed E-state index contributed by atoms with van der Waals surface area (Å²) in [5.41, 5.74) is 1.06. The number of nitrogens with zero attached hydrogens (tertiary/aromatic N) is 12. The molecule has 8 aromatic rings. The maximum Gasteiger partial charge on any atom is 0.280 e. The van der Waals surface area contributed by atoms with Crippen LogP contribution in [-0.2, 0) is 9.84 Å². The minimum atomic E-state index is -3.06. The fourth-order valence-electron chi connectivity index (χ4n) is 18.2. The fourth-order valence-corrected chi connectivity index (χ4v) is 23.7. The van der Waals surface area contributed by atoms with Gasteiger partial charge < -0.3 is 77.5 Å². The summed E-state index contributed by atoms with van der Waals surface area (Å²) in [6.07, 6.45) is 7.09. The summed E-state index contributed by atoms with van der Waals surface area (Å²) in [4.78, 5) is 147. The lowest BCUT2D eigenvalue weighted by molar-refractivity contribution is 0.0115. The number of pyridine rings is 4. The molecule has 14 heterocycles. The first-order chi connectivity index (χ1) is 66.7. The van der Waals surface area contributed by atoms with Crippen molar-refractivity contribution in [3.63, 3.8) is 0 Å². The van der Waals surface area contributed by atoms with E-state index in [2.05, 4.69) is 103 Å². The van der Waals surface area contributed by atoms with Gasteiger partial charge in [0.15, 0.2) is 20.0 Å². The van der Waals surface area contributed by atoms with E-state index < -0.39 is 125 Å². The first-order valence-electron chi connectivity index (χ1n) is 47.8. The molecule has 46 heteroatoms. The van der Waals surface area contributed by atoms with Crippen molar-refractivity contribution in [2.45, 2.75) is 321 Å². The first-order valence-corrected chi connectivity index (χ1v) is 52.9. The van der Waals surface area contributed by atoms with Crippen LogP contribution in [0.5, 0.6) is 0 Å². The maximum atomic E-state index is 14.2. The van der Waals surface area contributed by atoms with Crippen LogP contribution < -0.4 is 42.5 Å². The minimum absolute atomic E-state index is 0.00430. The predicted octanol–water partition coefficient (Wildman–Crippen LogP) is 16.2. The lowest BCUT2D eigenvalue weighted by Crippen LogP contribution is -2.46. The average Bonchev–Trinajstić information content (AvgIpc) is 1.61. The molecule has 2 bridgehead atoms. The monoisotopic (exact) mass is 2090 g/mol. The van der Waals surface area contributed by atoms with Gasteiger partial charge in [-0.25, -0.2) is 83.4 Å². The number of amides is 8. The topological polar surface area (TPSA) is 444 Å². The number of anilines is 4. The van der Waals surface area contributed by atoms with E-state index in [4.69, 9.17) is 0 Å². The van der Waals surface area contributed by atoms with Gasteiger partial charge in [0.05, 0.1) is 62.9 Å². The number of carbonyl (C=O) groups is 8. The number of hydrogen-bond acceptors (Lipinski definition) is 29. The maximum absolute atomic E-state index is 14.2. The van der Waals surface area contributed by atoms with E-state index in [1.807, 2.05) is 100 Å². The molecule has 0 aromatic carbocycles. The Bertz CT molecular complexity index is 6130. The highest BCUT2D eigenvalue weighted by Crippen LogP contribution is 2.47. The van der Waals surface area contributed by atoms with Gasteiger partial charge in [0.25, 0.3) is 72.0 Å². The SMILES string of the molecule is CC(C)(C)Nc1cc(C(F)F)c(-c2sc(C(=O)NC3CC(O)C3)nc2C(=O)N2CCC(F)(F)C2)cn1.C[C@H]1CCCN1C(=O)c1nc(C(=O)N[C@@H]2CC[C@@H](O)C2)sc1-c1cnc(NC(C)(C)C)cc1C(F)F.Cc1cc(NC(C)(C)C)ncc1-c1sc(C(=O)NC2CCS(=O)(=O)CC2)nc1C(=O)N1C2CCC1CC2.Cc1cc(NC(C)(C)C)ncc1-c1sc(C(=O)N[C@H](C)CO)nc1C(=O)N1CC(F)(F)C[C@@H]1C. The Morgan fingerprint density at radius 1 is 0.462 bits per heavy atom. The second-order valence-corrected chi connectivity index (χ2v) is 48.5. The molecule has 8 aliphatic rings. The summed E-state index contributed by atoms with van der Waals surface area (Å²) in [6, 6.07) is 4.84. The summed E-state index contributed by atoms with van der Waals surface area (Å²) in [5, 5.41) is 52.4. The Balaban J connectivity index is 0.000000160. The summed E-state index contributed by atoms with van der Waals surface area (Å²) in [6.45, 7) is 30.9. The van der Waals surface area contributed by atoms with Gasteiger partial charge >= 0.3 is 0 Å².